The van der Waals surface area contributed by atoms with Crippen LogP contribution in [0.25, 0.3) is 0 Å². The van der Waals surface area contributed by atoms with E-state index in [1.165, 1.54) is 12.1 Å². The van der Waals surface area contributed by atoms with Gasteiger partial charge in [0.05, 0.1) is 12.8 Å². The van der Waals surface area contributed by atoms with Crippen molar-refractivity contribution in [2.24, 2.45) is 16.6 Å². The van der Waals surface area contributed by atoms with Gasteiger partial charge < -0.3 is 20.3 Å². The molecule has 0 saturated carbocycles. The Bertz CT molecular complexity index is 727. The maximum atomic E-state index is 12.3. The largest absolute Gasteiger partial charge is 0.480 e. The summed E-state index contributed by atoms with van der Waals surface area (Å²) in [6, 6.07) is 3.49. The van der Waals surface area contributed by atoms with Crippen molar-refractivity contribution in [2.45, 2.75) is 66.8 Å². The number of hydrogen-bond acceptors (Lipinski definition) is 6. The highest BCUT2D eigenvalue weighted by Gasteiger charge is 2.23. The molecule has 0 amide bonds. The van der Waals surface area contributed by atoms with E-state index in [0.717, 1.165) is 0 Å². The average molecular weight is 393 g/mol. The van der Waals surface area contributed by atoms with Crippen molar-refractivity contribution in [3.63, 3.8) is 0 Å². The van der Waals surface area contributed by atoms with Gasteiger partial charge in [0, 0.05) is 0 Å². The summed E-state index contributed by atoms with van der Waals surface area (Å²) in [7, 11) is 0. The molecule has 0 spiro atoms. The number of rotatable bonds is 7. The maximum Gasteiger partial charge on any atom is 0.320 e. The fourth-order valence-electron chi connectivity index (χ4n) is 2.37. The number of esters is 2. The molecule has 0 aliphatic rings. The molecule has 0 bridgehead atoms. The molecule has 1 atom stereocenters. The molecule has 1 aromatic carbocycles. The molecule has 0 aliphatic carbocycles. The molecule has 0 radical (unpaired) electrons. The van der Waals surface area contributed by atoms with Crippen LogP contribution < -0.4 is 15.2 Å². The van der Waals surface area contributed by atoms with Crippen LogP contribution in [0.5, 0.6) is 11.5 Å². The number of carbonyl (C=O) groups is 3. The van der Waals surface area contributed by atoms with Crippen LogP contribution in [0.3, 0.4) is 0 Å². The molecule has 1 rings (SSSR count). The molecule has 0 heterocycles. The Morgan fingerprint density at radius 2 is 1.39 bits per heavy atom. The molecule has 0 saturated heterocycles. The number of carboxylic acid groups (broad SMARTS) is 1. The second kappa shape index (κ2) is 9.19. The lowest BCUT2D eigenvalue weighted by molar-refractivity contribution is -0.139. The summed E-state index contributed by atoms with van der Waals surface area (Å²) in [5.41, 5.74) is 5.61. The van der Waals surface area contributed by atoms with Gasteiger partial charge in [-0.25, -0.2) is 0 Å². The van der Waals surface area contributed by atoms with Crippen LogP contribution >= 0.6 is 0 Å². The van der Waals surface area contributed by atoms with Crippen molar-refractivity contribution in [3.05, 3.63) is 23.8 Å². The van der Waals surface area contributed by atoms with Crippen molar-refractivity contribution in [1.82, 2.24) is 0 Å². The normalized spacial score (nSPS) is 13.0. The standard InChI is InChI=1S/C21H31NO6/c1-20(2,3)11-17(23)27-15-8-7-13(9-14(22)19(25)26)10-16(15)28-18(24)12-21(4,5)6/h7-8,10,14H,9,11-12,22H2,1-6H3,(H,25,26)/t14-/m0/s1. The van der Waals surface area contributed by atoms with Crippen molar-refractivity contribution < 1.29 is 29.0 Å². The van der Waals surface area contributed by atoms with Crippen LogP contribution in [0.4, 0.5) is 0 Å². The van der Waals surface area contributed by atoms with E-state index in [9.17, 15) is 14.4 Å². The molecular formula is C21H31NO6. The number of benzene rings is 1. The van der Waals surface area contributed by atoms with Gasteiger partial charge in [0.25, 0.3) is 0 Å². The first kappa shape index (κ1) is 23.6. The lowest BCUT2D eigenvalue weighted by atomic mass is 9.92. The van der Waals surface area contributed by atoms with Crippen LogP contribution in [0, 0.1) is 10.8 Å². The molecule has 1 aromatic rings. The lowest BCUT2D eigenvalue weighted by Gasteiger charge is -2.19. The second-order valence-electron chi connectivity index (χ2n) is 9.35. The van der Waals surface area contributed by atoms with Crippen LogP contribution in [0.2, 0.25) is 0 Å². The zero-order valence-electron chi connectivity index (χ0n) is 17.5. The van der Waals surface area contributed by atoms with Gasteiger partial charge in [-0.05, 0) is 34.9 Å². The number of ether oxygens (including phenoxy) is 2. The third-order valence-corrected chi connectivity index (χ3v) is 3.58. The first-order valence-electron chi connectivity index (χ1n) is 9.19. The number of carboxylic acids is 1. The minimum Gasteiger partial charge on any atom is -0.480 e. The summed E-state index contributed by atoms with van der Waals surface area (Å²) < 4.78 is 10.8. The first-order valence-corrected chi connectivity index (χ1v) is 9.19. The molecule has 7 nitrogen and oxygen atoms in total. The molecule has 156 valence electrons. The van der Waals surface area contributed by atoms with Gasteiger partial charge in [-0.2, -0.15) is 0 Å². The van der Waals surface area contributed by atoms with E-state index in [1.54, 1.807) is 6.07 Å². The fraction of sp³-hybridized carbons (Fsp3) is 0.571. The molecule has 0 aliphatic heterocycles. The number of hydrogen-bond donors (Lipinski definition) is 2. The van der Waals surface area contributed by atoms with Gasteiger partial charge in [-0.15, -0.1) is 0 Å². The quantitative estimate of drug-likeness (QED) is 0.539. The summed E-state index contributed by atoms with van der Waals surface area (Å²) in [5, 5.41) is 8.99. The van der Waals surface area contributed by atoms with Crippen molar-refractivity contribution in [1.29, 1.82) is 0 Å². The predicted molar refractivity (Wildman–Crippen MR) is 105 cm³/mol. The molecular weight excluding hydrogens is 362 g/mol. The van der Waals surface area contributed by atoms with E-state index in [4.69, 9.17) is 20.3 Å². The van der Waals surface area contributed by atoms with Gasteiger partial charge in [-0.3, -0.25) is 14.4 Å². The van der Waals surface area contributed by atoms with E-state index >= 15 is 0 Å². The Kier molecular flexibility index (Phi) is 7.75. The number of nitrogens with two attached hydrogens (primary N) is 1. The van der Waals surface area contributed by atoms with Crippen LogP contribution in [0.15, 0.2) is 18.2 Å². The Labute approximate surface area is 166 Å². The van der Waals surface area contributed by atoms with Gasteiger partial charge >= 0.3 is 17.9 Å². The molecule has 0 unspecified atom stereocenters. The van der Waals surface area contributed by atoms with Crippen LogP contribution in [-0.4, -0.2) is 29.1 Å². The maximum absolute atomic E-state index is 12.3. The van der Waals surface area contributed by atoms with Crippen molar-refractivity contribution >= 4 is 17.9 Å². The topological polar surface area (TPSA) is 116 Å². The van der Waals surface area contributed by atoms with Gasteiger partial charge in [0.2, 0.25) is 0 Å². The molecule has 3 N–H and O–H groups in total. The zero-order chi connectivity index (χ0) is 21.7. The smallest absolute Gasteiger partial charge is 0.320 e. The molecule has 7 heteroatoms. The number of aliphatic carboxylic acids is 1. The molecule has 0 fully saturated rings. The van der Waals surface area contributed by atoms with Crippen LogP contribution in [-0.2, 0) is 20.8 Å². The third kappa shape index (κ3) is 8.99. The Morgan fingerprint density at radius 1 is 0.929 bits per heavy atom. The summed E-state index contributed by atoms with van der Waals surface area (Å²) in [4.78, 5) is 35.4. The SMILES string of the molecule is CC(C)(C)CC(=O)Oc1ccc(C[C@H](N)C(=O)O)cc1OC(=O)CC(C)(C)C. The summed E-state index contributed by atoms with van der Waals surface area (Å²) in [6.45, 7) is 11.4. The zero-order valence-corrected chi connectivity index (χ0v) is 17.5. The molecule has 28 heavy (non-hydrogen) atoms. The third-order valence-electron chi connectivity index (χ3n) is 3.58. The Hall–Kier alpha value is -2.41. The average Bonchev–Trinajstić information content (AvgIpc) is 2.45. The minimum atomic E-state index is -1.13. The van der Waals surface area contributed by atoms with Crippen molar-refractivity contribution in [3.8, 4) is 11.5 Å². The van der Waals surface area contributed by atoms with Crippen LogP contribution in [0.1, 0.15) is 59.9 Å². The van der Waals surface area contributed by atoms with E-state index < -0.39 is 23.9 Å². The Morgan fingerprint density at radius 3 is 1.82 bits per heavy atom. The summed E-state index contributed by atoms with van der Waals surface area (Å²) >= 11 is 0. The van der Waals surface area contributed by atoms with Gasteiger partial charge in [0.15, 0.2) is 11.5 Å². The lowest BCUT2D eigenvalue weighted by Crippen LogP contribution is -2.32. The van der Waals surface area contributed by atoms with E-state index in [0.29, 0.717) is 5.56 Å². The summed E-state index contributed by atoms with van der Waals surface area (Å²) in [5.74, 6) is -1.86. The minimum absolute atomic E-state index is 0.0510. The van der Waals surface area contributed by atoms with Gasteiger partial charge in [-0.1, -0.05) is 47.6 Å². The highest BCUT2D eigenvalue weighted by Crippen LogP contribution is 2.32. The van der Waals surface area contributed by atoms with E-state index in [-0.39, 0.29) is 41.6 Å². The monoisotopic (exact) mass is 393 g/mol. The first-order chi connectivity index (χ1) is 12.7. The molecule has 0 aromatic heterocycles. The highest BCUT2D eigenvalue weighted by molar-refractivity contribution is 5.77. The van der Waals surface area contributed by atoms with E-state index in [2.05, 4.69) is 0 Å². The van der Waals surface area contributed by atoms with E-state index in [1.807, 2.05) is 41.5 Å². The predicted octanol–water partition coefficient (Wildman–Crippen LogP) is 3.32. The summed E-state index contributed by atoms with van der Waals surface area (Å²) in [6.07, 6.45) is 0.407. The van der Waals surface area contributed by atoms with Crippen molar-refractivity contribution in [2.75, 3.05) is 0 Å². The Balaban J connectivity index is 3.10. The fourth-order valence-corrected chi connectivity index (χ4v) is 2.37. The highest BCUT2D eigenvalue weighted by atomic mass is 16.6. The second-order valence-corrected chi connectivity index (χ2v) is 9.35. The number of carbonyl (C=O) groups excluding carboxylic acids is 2. The van der Waals surface area contributed by atoms with Gasteiger partial charge in [0.1, 0.15) is 6.04 Å².